The lowest BCUT2D eigenvalue weighted by Gasteiger charge is -2.10. The molecule has 0 bridgehead atoms. The number of carbonyl (C=O) groups excluding carboxylic acids is 1. The maximum atomic E-state index is 12.4. The Hall–Kier alpha value is -3.81. The molecule has 1 amide bonds. The van der Waals surface area contributed by atoms with E-state index in [1.165, 1.54) is 18.2 Å². The van der Waals surface area contributed by atoms with E-state index in [0.29, 0.717) is 16.9 Å². The molecule has 2 aromatic carbocycles. The molecular weight excluding hydrogens is 360 g/mol. The number of aryl methyl sites for hydroxylation is 2. The van der Waals surface area contributed by atoms with Gasteiger partial charge < -0.3 is 5.32 Å². The molecule has 0 aliphatic rings. The summed E-state index contributed by atoms with van der Waals surface area (Å²) in [5, 5.41) is 17.8. The van der Waals surface area contributed by atoms with Crippen LogP contribution in [0.15, 0.2) is 59.4 Å². The minimum atomic E-state index is -0.536. The minimum Gasteiger partial charge on any atom is -0.324 e. The van der Waals surface area contributed by atoms with Crippen molar-refractivity contribution in [3.63, 3.8) is 0 Å². The van der Waals surface area contributed by atoms with Crippen molar-refractivity contribution >= 4 is 17.3 Å². The first kappa shape index (κ1) is 19.0. The molecule has 0 fully saturated rings. The number of nitro benzene ring substituents is 1. The van der Waals surface area contributed by atoms with Crippen molar-refractivity contribution in [3.8, 4) is 11.3 Å². The van der Waals surface area contributed by atoms with Gasteiger partial charge in [-0.15, -0.1) is 0 Å². The van der Waals surface area contributed by atoms with Gasteiger partial charge in [0.15, 0.2) is 0 Å². The number of amides is 1. The summed E-state index contributed by atoms with van der Waals surface area (Å²) < 4.78 is 1.07. The topological polar surface area (TPSA) is 107 Å². The second-order valence-electron chi connectivity index (χ2n) is 6.38. The van der Waals surface area contributed by atoms with Gasteiger partial charge in [0.2, 0.25) is 5.91 Å². The smallest absolute Gasteiger partial charge is 0.271 e. The summed E-state index contributed by atoms with van der Waals surface area (Å²) in [7, 11) is 0. The van der Waals surface area contributed by atoms with Crippen LogP contribution in [0, 0.1) is 24.0 Å². The minimum absolute atomic E-state index is 0.127. The Bertz CT molecular complexity index is 1100. The van der Waals surface area contributed by atoms with E-state index in [4.69, 9.17) is 0 Å². The molecule has 28 heavy (non-hydrogen) atoms. The second-order valence-corrected chi connectivity index (χ2v) is 6.38. The molecule has 1 heterocycles. The van der Waals surface area contributed by atoms with Gasteiger partial charge >= 0.3 is 0 Å². The van der Waals surface area contributed by atoms with Gasteiger partial charge in [-0.2, -0.15) is 5.10 Å². The van der Waals surface area contributed by atoms with E-state index in [0.717, 1.165) is 15.8 Å². The molecule has 0 spiro atoms. The molecule has 8 heteroatoms. The van der Waals surface area contributed by atoms with Crippen LogP contribution in [0.2, 0.25) is 0 Å². The Kier molecular flexibility index (Phi) is 5.30. The summed E-state index contributed by atoms with van der Waals surface area (Å²) in [6.45, 7) is 3.39. The zero-order valence-electron chi connectivity index (χ0n) is 15.4. The maximum Gasteiger partial charge on any atom is 0.271 e. The molecule has 3 rings (SSSR count). The molecule has 0 aliphatic carbocycles. The van der Waals surface area contributed by atoms with E-state index < -0.39 is 16.4 Å². The summed E-state index contributed by atoms with van der Waals surface area (Å²) in [6.07, 6.45) is 0. The average molecular weight is 378 g/mol. The second kappa shape index (κ2) is 7.83. The standard InChI is InChI=1S/C20H18N4O4/c1-13-3-6-15(7-4-13)17-9-10-20(26)23(22-17)12-19(25)21-18-11-16(24(27)28)8-5-14(18)2/h3-11H,12H2,1-2H3,(H,21,25). The SMILES string of the molecule is Cc1ccc(-c2ccc(=O)n(CC(=O)Nc3cc([N+](=O)[O-])ccc3C)n2)cc1. The van der Waals surface area contributed by atoms with Crippen LogP contribution in [0.3, 0.4) is 0 Å². The van der Waals surface area contributed by atoms with Crippen molar-refractivity contribution in [3.05, 3.63) is 86.2 Å². The van der Waals surface area contributed by atoms with Crippen LogP contribution >= 0.6 is 0 Å². The Balaban J connectivity index is 1.82. The van der Waals surface area contributed by atoms with Gasteiger partial charge in [0.05, 0.1) is 16.3 Å². The van der Waals surface area contributed by atoms with Crippen molar-refractivity contribution in [2.75, 3.05) is 5.32 Å². The van der Waals surface area contributed by atoms with Gasteiger partial charge in [0.25, 0.3) is 11.2 Å². The molecule has 0 atom stereocenters. The van der Waals surface area contributed by atoms with Crippen LogP contribution < -0.4 is 10.9 Å². The van der Waals surface area contributed by atoms with Gasteiger partial charge in [-0.3, -0.25) is 19.7 Å². The van der Waals surface area contributed by atoms with Crippen LogP contribution in [0.1, 0.15) is 11.1 Å². The predicted octanol–water partition coefficient (Wildman–Crippen LogP) is 3.07. The summed E-state index contributed by atoms with van der Waals surface area (Å²) in [5.41, 5.74) is 2.95. The molecule has 0 saturated carbocycles. The highest BCUT2D eigenvalue weighted by molar-refractivity contribution is 5.91. The third-order valence-electron chi connectivity index (χ3n) is 4.21. The van der Waals surface area contributed by atoms with Crippen molar-refractivity contribution < 1.29 is 9.72 Å². The number of nitrogens with zero attached hydrogens (tertiary/aromatic N) is 3. The third-order valence-corrected chi connectivity index (χ3v) is 4.21. The quantitative estimate of drug-likeness (QED) is 0.542. The largest absolute Gasteiger partial charge is 0.324 e. The summed E-state index contributed by atoms with van der Waals surface area (Å²) in [4.78, 5) is 34.8. The summed E-state index contributed by atoms with van der Waals surface area (Å²) >= 11 is 0. The van der Waals surface area contributed by atoms with Gasteiger partial charge in [0, 0.05) is 23.8 Å². The molecule has 1 aromatic heterocycles. The molecule has 8 nitrogen and oxygen atoms in total. The highest BCUT2D eigenvalue weighted by Crippen LogP contribution is 2.22. The number of benzene rings is 2. The Labute approximate surface area is 160 Å². The highest BCUT2D eigenvalue weighted by atomic mass is 16.6. The molecule has 0 aliphatic heterocycles. The number of hydrogen-bond donors (Lipinski definition) is 1. The van der Waals surface area contributed by atoms with E-state index in [2.05, 4.69) is 10.4 Å². The fourth-order valence-corrected chi connectivity index (χ4v) is 2.62. The van der Waals surface area contributed by atoms with Crippen LogP contribution in [0.4, 0.5) is 11.4 Å². The van der Waals surface area contributed by atoms with Crippen LogP contribution in [-0.2, 0) is 11.3 Å². The number of rotatable bonds is 5. The summed E-state index contributed by atoms with van der Waals surface area (Å²) in [6, 6.07) is 14.8. The fraction of sp³-hybridized carbons (Fsp3) is 0.150. The van der Waals surface area contributed by atoms with Gasteiger partial charge in [0.1, 0.15) is 6.54 Å². The summed E-state index contributed by atoms with van der Waals surface area (Å²) in [5.74, 6) is -0.501. The van der Waals surface area contributed by atoms with Gasteiger partial charge in [-0.1, -0.05) is 35.9 Å². The number of non-ortho nitro benzene ring substituents is 1. The lowest BCUT2D eigenvalue weighted by molar-refractivity contribution is -0.384. The number of anilines is 1. The number of nitro groups is 1. The molecule has 3 aromatic rings. The van der Waals surface area contributed by atoms with Crippen molar-refractivity contribution in [2.24, 2.45) is 0 Å². The van der Waals surface area contributed by atoms with Crippen LogP contribution in [0.25, 0.3) is 11.3 Å². The first-order valence-electron chi connectivity index (χ1n) is 8.53. The van der Waals surface area contributed by atoms with E-state index in [-0.39, 0.29) is 12.2 Å². The monoisotopic (exact) mass is 378 g/mol. The average Bonchev–Trinajstić information content (AvgIpc) is 2.66. The molecule has 0 unspecified atom stereocenters. The first-order valence-corrected chi connectivity index (χ1v) is 8.53. The number of aromatic nitrogens is 2. The molecule has 0 saturated heterocycles. The van der Waals surface area contributed by atoms with E-state index >= 15 is 0 Å². The molecular formula is C20H18N4O4. The Morgan fingerprint density at radius 3 is 2.50 bits per heavy atom. The van der Waals surface area contributed by atoms with Crippen molar-refractivity contribution in [1.82, 2.24) is 9.78 Å². The Morgan fingerprint density at radius 1 is 1.11 bits per heavy atom. The number of hydrogen-bond acceptors (Lipinski definition) is 5. The zero-order chi connectivity index (χ0) is 20.3. The normalized spacial score (nSPS) is 10.5. The van der Waals surface area contributed by atoms with Crippen LogP contribution in [0.5, 0.6) is 0 Å². The maximum absolute atomic E-state index is 12.4. The zero-order valence-corrected chi connectivity index (χ0v) is 15.4. The predicted molar refractivity (Wildman–Crippen MR) is 105 cm³/mol. The first-order chi connectivity index (χ1) is 13.3. The van der Waals surface area contributed by atoms with E-state index in [1.807, 2.05) is 31.2 Å². The van der Waals surface area contributed by atoms with Crippen molar-refractivity contribution in [1.29, 1.82) is 0 Å². The van der Waals surface area contributed by atoms with Gasteiger partial charge in [-0.25, -0.2) is 4.68 Å². The van der Waals surface area contributed by atoms with E-state index in [9.17, 15) is 19.7 Å². The fourth-order valence-electron chi connectivity index (χ4n) is 2.62. The van der Waals surface area contributed by atoms with Crippen LogP contribution in [-0.4, -0.2) is 20.6 Å². The molecule has 0 radical (unpaired) electrons. The highest BCUT2D eigenvalue weighted by Gasteiger charge is 2.13. The lowest BCUT2D eigenvalue weighted by Crippen LogP contribution is -2.29. The molecule has 1 N–H and O–H groups in total. The van der Waals surface area contributed by atoms with E-state index in [1.54, 1.807) is 19.1 Å². The lowest BCUT2D eigenvalue weighted by atomic mass is 10.1. The Morgan fingerprint density at radius 2 is 1.82 bits per heavy atom. The molecule has 142 valence electrons. The van der Waals surface area contributed by atoms with Crippen molar-refractivity contribution in [2.45, 2.75) is 20.4 Å². The number of carbonyl (C=O) groups is 1. The van der Waals surface area contributed by atoms with Gasteiger partial charge in [-0.05, 0) is 25.5 Å². The number of nitrogens with one attached hydrogen (secondary N) is 1. The third kappa shape index (κ3) is 4.29.